The average Bonchev–Trinajstić information content (AvgIpc) is 2.73. The van der Waals surface area contributed by atoms with Crippen LogP contribution in [-0.2, 0) is 4.79 Å². The Kier molecular flexibility index (Phi) is 6.91. The molecule has 2 aromatic rings. The van der Waals surface area contributed by atoms with E-state index in [9.17, 15) is 9.59 Å². The first-order valence-electron chi connectivity index (χ1n) is 10.4. The lowest BCUT2D eigenvalue weighted by atomic mass is 9.97. The van der Waals surface area contributed by atoms with E-state index in [4.69, 9.17) is 4.74 Å². The van der Waals surface area contributed by atoms with Gasteiger partial charge >= 0.3 is 0 Å². The molecule has 0 bridgehead atoms. The molecule has 1 heterocycles. The second kappa shape index (κ2) is 9.59. The highest BCUT2D eigenvalue weighted by atomic mass is 16.5. The molecule has 0 aromatic heterocycles. The van der Waals surface area contributed by atoms with Crippen molar-refractivity contribution in [2.45, 2.75) is 58.2 Å². The van der Waals surface area contributed by atoms with Gasteiger partial charge in [0.2, 0.25) is 0 Å². The number of rotatable bonds is 6. The standard InChI is InChI=1S/C24H30N2O3/c1-17-8-7-9-18(2)26(17)23(27)16-29-22-14-12-21(13-15-22)24(28)25-19(3)20-10-5-4-6-11-20/h4-6,10-15,17-19H,7-9,16H2,1-3H3,(H,25,28). The van der Waals surface area contributed by atoms with Crippen LogP contribution in [0.25, 0.3) is 0 Å². The van der Waals surface area contributed by atoms with Crippen LogP contribution in [0, 0.1) is 0 Å². The minimum absolute atomic E-state index is 0.0169. The van der Waals surface area contributed by atoms with Crippen LogP contribution in [-0.4, -0.2) is 35.4 Å². The molecular formula is C24H30N2O3. The van der Waals surface area contributed by atoms with E-state index in [0.29, 0.717) is 11.3 Å². The third-order valence-electron chi connectivity index (χ3n) is 5.61. The molecule has 29 heavy (non-hydrogen) atoms. The van der Waals surface area contributed by atoms with Crippen molar-refractivity contribution in [3.63, 3.8) is 0 Å². The topological polar surface area (TPSA) is 58.6 Å². The van der Waals surface area contributed by atoms with Crippen LogP contribution in [0.15, 0.2) is 54.6 Å². The van der Waals surface area contributed by atoms with Gasteiger partial charge < -0.3 is 15.0 Å². The van der Waals surface area contributed by atoms with E-state index in [0.717, 1.165) is 18.4 Å². The molecule has 3 atom stereocenters. The van der Waals surface area contributed by atoms with Crippen LogP contribution < -0.4 is 10.1 Å². The number of carbonyl (C=O) groups is 2. The molecule has 1 N–H and O–H groups in total. The van der Waals surface area contributed by atoms with Crippen molar-refractivity contribution >= 4 is 11.8 Å². The van der Waals surface area contributed by atoms with E-state index in [-0.39, 0.29) is 36.5 Å². The summed E-state index contributed by atoms with van der Waals surface area (Å²) in [6, 6.07) is 17.2. The summed E-state index contributed by atoms with van der Waals surface area (Å²) in [6.45, 7) is 6.17. The van der Waals surface area contributed by atoms with E-state index in [1.54, 1.807) is 24.3 Å². The summed E-state index contributed by atoms with van der Waals surface area (Å²) >= 11 is 0. The van der Waals surface area contributed by atoms with Gasteiger partial charge in [0.1, 0.15) is 5.75 Å². The zero-order valence-electron chi connectivity index (χ0n) is 17.4. The van der Waals surface area contributed by atoms with Crippen LogP contribution in [0.5, 0.6) is 5.75 Å². The molecule has 3 rings (SSSR count). The van der Waals surface area contributed by atoms with E-state index < -0.39 is 0 Å². The summed E-state index contributed by atoms with van der Waals surface area (Å²) in [5, 5.41) is 2.99. The van der Waals surface area contributed by atoms with Gasteiger partial charge in [-0.05, 0) is 69.9 Å². The molecule has 1 saturated heterocycles. The summed E-state index contributed by atoms with van der Waals surface area (Å²) in [4.78, 5) is 27.0. The Balaban J connectivity index is 1.53. The third kappa shape index (κ3) is 5.37. The highest BCUT2D eigenvalue weighted by molar-refractivity contribution is 5.94. The van der Waals surface area contributed by atoms with Gasteiger partial charge in [-0.15, -0.1) is 0 Å². The molecule has 5 heteroatoms. The molecule has 154 valence electrons. The van der Waals surface area contributed by atoms with E-state index >= 15 is 0 Å². The number of benzene rings is 2. The van der Waals surface area contributed by atoms with Gasteiger partial charge in [0, 0.05) is 17.6 Å². The van der Waals surface area contributed by atoms with Gasteiger partial charge in [-0.1, -0.05) is 30.3 Å². The van der Waals surface area contributed by atoms with Gasteiger partial charge in [0.25, 0.3) is 11.8 Å². The van der Waals surface area contributed by atoms with Crippen LogP contribution >= 0.6 is 0 Å². The molecular weight excluding hydrogens is 364 g/mol. The fourth-order valence-electron chi connectivity index (χ4n) is 3.94. The maximum absolute atomic E-state index is 12.6. The monoisotopic (exact) mass is 394 g/mol. The minimum Gasteiger partial charge on any atom is -0.484 e. The van der Waals surface area contributed by atoms with Crippen molar-refractivity contribution < 1.29 is 14.3 Å². The molecule has 2 aromatic carbocycles. The zero-order valence-corrected chi connectivity index (χ0v) is 17.4. The second-order valence-electron chi connectivity index (χ2n) is 7.85. The normalized spacial score (nSPS) is 20.0. The maximum atomic E-state index is 12.6. The highest BCUT2D eigenvalue weighted by Crippen LogP contribution is 2.23. The largest absolute Gasteiger partial charge is 0.484 e. The number of amides is 2. The lowest BCUT2D eigenvalue weighted by Gasteiger charge is -2.38. The van der Waals surface area contributed by atoms with Crippen LogP contribution in [0.2, 0.25) is 0 Å². The average molecular weight is 395 g/mol. The van der Waals surface area contributed by atoms with Crippen molar-refractivity contribution in [1.29, 1.82) is 0 Å². The van der Waals surface area contributed by atoms with Crippen molar-refractivity contribution in [1.82, 2.24) is 10.2 Å². The van der Waals surface area contributed by atoms with Gasteiger partial charge in [-0.25, -0.2) is 0 Å². The molecule has 1 aliphatic rings. The molecule has 1 aliphatic heterocycles. The Morgan fingerprint density at radius 2 is 1.66 bits per heavy atom. The Morgan fingerprint density at radius 1 is 1.03 bits per heavy atom. The summed E-state index contributed by atoms with van der Waals surface area (Å²) < 4.78 is 5.68. The Labute approximate surface area is 173 Å². The number of likely N-dealkylation sites (tertiary alicyclic amines) is 1. The van der Waals surface area contributed by atoms with Gasteiger partial charge in [0.15, 0.2) is 6.61 Å². The SMILES string of the molecule is CC(NC(=O)c1ccc(OCC(=O)N2C(C)CCCC2C)cc1)c1ccccc1. The summed E-state index contributed by atoms with van der Waals surface area (Å²) in [7, 11) is 0. The highest BCUT2D eigenvalue weighted by Gasteiger charge is 2.28. The minimum atomic E-state index is -0.139. The van der Waals surface area contributed by atoms with Crippen LogP contribution in [0.3, 0.4) is 0 Å². The third-order valence-corrected chi connectivity index (χ3v) is 5.61. The van der Waals surface area contributed by atoms with E-state index in [1.165, 1.54) is 6.42 Å². The Morgan fingerprint density at radius 3 is 2.28 bits per heavy atom. The fraction of sp³-hybridized carbons (Fsp3) is 0.417. The predicted molar refractivity (Wildman–Crippen MR) is 114 cm³/mol. The molecule has 0 radical (unpaired) electrons. The van der Waals surface area contributed by atoms with Crippen molar-refractivity contribution in [3.8, 4) is 5.75 Å². The lowest BCUT2D eigenvalue weighted by Crippen LogP contribution is -2.49. The lowest BCUT2D eigenvalue weighted by molar-refractivity contribution is -0.139. The first-order chi connectivity index (χ1) is 14.0. The number of hydrogen-bond acceptors (Lipinski definition) is 3. The summed E-state index contributed by atoms with van der Waals surface area (Å²) in [5.74, 6) is 0.464. The molecule has 3 unspecified atom stereocenters. The first-order valence-corrected chi connectivity index (χ1v) is 10.4. The number of carbonyl (C=O) groups excluding carboxylic acids is 2. The maximum Gasteiger partial charge on any atom is 0.260 e. The zero-order chi connectivity index (χ0) is 20.8. The Bertz CT molecular complexity index is 810. The molecule has 2 amide bonds. The predicted octanol–water partition coefficient (Wildman–Crippen LogP) is 4.35. The van der Waals surface area contributed by atoms with E-state index in [1.807, 2.05) is 42.2 Å². The van der Waals surface area contributed by atoms with Crippen LogP contribution in [0.4, 0.5) is 0 Å². The number of ether oxygens (including phenoxy) is 1. The van der Waals surface area contributed by atoms with Crippen molar-refractivity contribution in [3.05, 3.63) is 65.7 Å². The number of hydrogen-bond donors (Lipinski definition) is 1. The molecule has 5 nitrogen and oxygen atoms in total. The first kappa shape index (κ1) is 20.9. The second-order valence-corrected chi connectivity index (χ2v) is 7.85. The summed E-state index contributed by atoms with van der Waals surface area (Å²) in [5.41, 5.74) is 1.62. The molecule has 0 aliphatic carbocycles. The molecule has 1 fully saturated rings. The van der Waals surface area contributed by atoms with Crippen molar-refractivity contribution in [2.24, 2.45) is 0 Å². The van der Waals surface area contributed by atoms with Crippen molar-refractivity contribution in [2.75, 3.05) is 6.61 Å². The van der Waals surface area contributed by atoms with Gasteiger partial charge in [-0.2, -0.15) is 0 Å². The molecule has 0 spiro atoms. The number of piperidine rings is 1. The van der Waals surface area contributed by atoms with Gasteiger partial charge in [0.05, 0.1) is 6.04 Å². The summed E-state index contributed by atoms with van der Waals surface area (Å²) in [6.07, 6.45) is 3.25. The molecule has 0 saturated carbocycles. The number of nitrogens with one attached hydrogen (secondary N) is 1. The van der Waals surface area contributed by atoms with E-state index in [2.05, 4.69) is 19.2 Å². The Hall–Kier alpha value is -2.82. The fourth-order valence-corrected chi connectivity index (χ4v) is 3.94. The van der Waals surface area contributed by atoms with Gasteiger partial charge in [-0.3, -0.25) is 9.59 Å². The number of nitrogens with zero attached hydrogens (tertiary/aromatic N) is 1. The smallest absolute Gasteiger partial charge is 0.260 e. The van der Waals surface area contributed by atoms with Crippen LogP contribution in [0.1, 0.15) is 62.0 Å². The quantitative estimate of drug-likeness (QED) is 0.793.